The van der Waals surface area contributed by atoms with Crippen molar-refractivity contribution in [2.45, 2.75) is 25.7 Å². The van der Waals surface area contributed by atoms with Crippen LogP contribution in [0, 0.1) is 0 Å². The Balaban J connectivity index is 2.46. The third-order valence-corrected chi connectivity index (χ3v) is 3.08. The molecule has 1 aliphatic rings. The molecule has 0 saturated heterocycles. The average molecular weight is 191 g/mol. The van der Waals surface area contributed by atoms with Gasteiger partial charge in [0.15, 0.2) is 0 Å². The number of nitrogens with zero attached hydrogens (tertiary/aromatic N) is 1. The summed E-state index contributed by atoms with van der Waals surface area (Å²) in [6, 6.07) is 0. The van der Waals surface area contributed by atoms with E-state index in [1.165, 1.54) is 36.1 Å². The molecule has 2 rings (SSSR count). The van der Waals surface area contributed by atoms with Crippen LogP contribution in [0.4, 0.5) is 0 Å². The first-order valence-electron chi connectivity index (χ1n) is 5.20. The molecule has 1 heterocycles. The molecular formula is C12H17NO. The highest BCUT2D eigenvalue weighted by atomic mass is 16.3. The standard InChI is InChI=1S/C12H17NO/c1-9(8-14)11-7-13(2)12-6-4-3-5-10(11)12/h7,14H,1,3-6,8H2,2H3. The molecule has 76 valence electrons. The smallest absolute Gasteiger partial charge is 0.0682 e. The van der Waals surface area contributed by atoms with E-state index in [9.17, 15) is 0 Å². The van der Waals surface area contributed by atoms with Crippen molar-refractivity contribution in [1.82, 2.24) is 4.57 Å². The molecule has 0 amide bonds. The van der Waals surface area contributed by atoms with Gasteiger partial charge < -0.3 is 9.67 Å². The second-order valence-electron chi connectivity index (χ2n) is 4.05. The summed E-state index contributed by atoms with van der Waals surface area (Å²) in [5.74, 6) is 0. The third-order valence-electron chi connectivity index (χ3n) is 3.08. The zero-order chi connectivity index (χ0) is 10.1. The second kappa shape index (κ2) is 3.62. The highest BCUT2D eigenvalue weighted by Crippen LogP contribution is 2.29. The zero-order valence-electron chi connectivity index (χ0n) is 8.71. The maximum absolute atomic E-state index is 9.09. The van der Waals surface area contributed by atoms with Crippen molar-refractivity contribution in [1.29, 1.82) is 0 Å². The molecule has 0 saturated carbocycles. The Morgan fingerprint density at radius 1 is 1.50 bits per heavy atom. The van der Waals surface area contributed by atoms with Crippen LogP contribution in [0.5, 0.6) is 0 Å². The Labute approximate surface area is 84.9 Å². The molecule has 0 aliphatic heterocycles. The fourth-order valence-electron chi connectivity index (χ4n) is 2.31. The zero-order valence-corrected chi connectivity index (χ0v) is 8.71. The number of aliphatic hydroxyl groups is 1. The van der Waals surface area contributed by atoms with Crippen LogP contribution >= 0.6 is 0 Å². The highest BCUT2D eigenvalue weighted by molar-refractivity contribution is 5.68. The van der Waals surface area contributed by atoms with Crippen LogP contribution in [0.25, 0.3) is 5.57 Å². The fraction of sp³-hybridized carbons (Fsp3) is 0.500. The molecule has 2 nitrogen and oxygen atoms in total. The van der Waals surface area contributed by atoms with E-state index < -0.39 is 0 Å². The molecule has 1 N–H and O–H groups in total. The average Bonchev–Trinajstić information content (AvgIpc) is 2.56. The van der Waals surface area contributed by atoms with Gasteiger partial charge in [-0.15, -0.1) is 0 Å². The minimum absolute atomic E-state index is 0.0659. The van der Waals surface area contributed by atoms with Crippen molar-refractivity contribution in [3.8, 4) is 0 Å². The van der Waals surface area contributed by atoms with Crippen molar-refractivity contribution in [2.75, 3.05) is 6.61 Å². The Kier molecular flexibility index (Phi) is 2.46. The normalized spacial score (nSPS) is 15.3. The maximum Gasteiger partial charge on any atom is 0.0682 e. The number of aryl methyl sites for hydroxylation is 1. The first kappa shape index (κ1) is 9.53. The summed E-state index contributed by atoms with van der Waals surface area (Å²) in [6.45, 7) is 3.97. The van der Waals surface area contributed by atoms with Crippen LogP contribution in [0.3, 0.4) is 0 Å². The summed E-state index contributed by atoms with van der Waals surface area (Å²) in [4.78, 5) is 0. The number of hydrogen-bond donors (Lipinski definition) is 1. The van der Waals surface area contributed by atoms with E-state index in [-0.39, 0.29) is 6.61 Å². The van der Waals surface area contributed by atoms with E-state index in [4.69, 9.17) is 5.11 Å². The minimum Gasteiger partial charge on any atom is -0.392 e. The van der Waals surface area contributed by atoms with Gasteiger partial charge in [-0.25, -0.2) is 0 Å². The Morgan fingerprint density at radius 2 is 2.21 bits per heavy atom. The number of fused-ring (bicyclic) bond motifs is 1. The third kappa shape index (κ3) is 1.40. The molecule has 0 fully saturated rings. The van der Waals surface area contributed by atoms with Crippen molar-refractivity contribution >= 4 is 5.57 Å². The Hall–Kier alpha value is -1.02. The number of rotatable bonds is 2. The van der Waals surface area contributed by atoms with E-state index in [0.29, 0.717) is 0 Å². The number of aromatic nitrogens is 1. The quantitative estimate of drug-likeness (QED) is 0.759. The van der Waals surface area contributed by atoms with Gasteiger partial charge in [0.1, 0.15) is 0 Å². The van der Waals surface area contributed by atoms with Gasteiger partial charge in [-0.3, -0.25) is 0 Å². The molecular weight excluding hydrogens is 174 g/mol. The SMILES string of the molecule is C=C(CO)c1cn(C)c2c1CCCC2. The number of aliphatic hydroxyl groups excluding tert-OH is 1. The monoisotopic (exact) mass is 191 g/mol. The largest absolute Gasteiger partial charge is 0.392 e. The molecule has 0 aromatic carbocycles. The van der Waals surface area contributed by atoms with Crippen molar-refractivity contribution in [2.24, 2.45) is 7.05 Å². The second-order valence-corrected chi connectivity index (χ2v) is 4.05. The van der Waals surface area contributed by atoms with Gasteiger partial charge in [-0.05, 0) is 36.8 Å². The van der Waals surface area contributed by atoms with Crippen molar-refractivity contribution in [3.63, 3.8) is 0 Å². The van der Waals surface area contributed by atoms with E-state index in [0.717, 1.165) is 12.0 Å². The Morgan fingerprint density at radius 3 is 2.93 bits per heavy atom. The maximum atomic E-state index is 9.09. The molecule has 1 aliphatic carbocycles. The van der Waals surface area contributed by atoms with Crippen LogP contribution in [-0.4, -0.2) is 16.3 Å². The van der Waals surface area contributed by atoms with Crippen LogP contribution in [0.1, 0.15) is 29.7 Å². The van der Waals surface area contributed by atoms with Gasteiger partial charge in [0.2, 0.25) is 0 Å². The summed E-state index contributed by atoms with van der Waals surface area (Å²) < 4.78 is 2.19. The van der Waals surface area contributed by atoms with Gasteiger partial charge in [0, 0.05) is 24.5 Å². The van der Waals surface area contributed by atoms with Crippen LogP contribution < -0.4 is 0 Å². The summed E-state index contributed by atoms with van der Waals surface area (Å²) in [5, 5.41) is 9.09. The van der Waals surface area contributed by atoms with Crippen LogP contribution in [0.15, 0.2) is 12.8 Å². The topological polar surface area (TPSA) is 25.2 Å². The van der Waals surface area contributed by atoms with E-state index in [1.54, 1.807) is 0 Å². The molecule has 0 spiro atoms. The Bertz CT molecular complexity index is 363. The predicted molar refractivity (Wildman–Crippen MR) is 58.2 cm³/mol. The first-order chi connectivity index (χ1) is 6.74. The summed E-state index contributed by atoms with van der Waals surface area (Å²) in [5.41, 5.74) is 4.87. The van der Waals surface area contributed by atoms with Gasteiger partial charge in [-0.2, -0.15) is 0 Å². The van der Waals surface area contributed by atoms with Gasteiger partial charge in [0.25, 0.3) is 0 Å². The van der Waals surface area contributed by atoms with E-state index in [2.05, 4.69) is 24.4 Å². The lowest BCUT2D eigenvalue weighted by molar-refractivity contribution is 0.350. The highest BCUT2D eigenvalue weighted by Gasteiger charge is 2.18. The van der Waals surface area contributed by atoms with Gasteiger partial charge >= 0.3 is 0 Å². The van der Waals surface area contributed by atoms with Crippen molar-refractivity contribution < 1.29 is 5.11 Å². The lowest BCUT2D eigenvalue weighted by Crippen LogP contribution is -2.05. The lowest BCUT2D eigenvalue weighted by atomic mass is 9.93. The van der Waals surface area contributed by atoms with Crippen molar-refractivity contribution in [3.05, 3.63) is 29.6 Å². The molecule has 0 bridgehead atoms. The number of hydrogen-bond acceptors (Lipinski definition) is 1. The molecule has 2 heteroatoms. The van der Waals surface area contributed by atoms with Crippen LogP contribution in [-0.2, 0) is 19.9 Å². The van der Waals surface area contributed by atoms with Gasteiger partial charge in [-0.1, -0.05) is 6.58 Å². The first-order valence-corrected chi connectivity index (χ1v) is 5.20. The van der Waals surface area contributed by atoms with E-state index in [1.807, 2.05) is 0 Å². The summed E-state index contributed by atoms with van der Waals surface area (Å²) >= 11 is 0. The molecule has 1 aromatic heterocycles. The summed E-state index contributed by atoms with van der Waals surface area (Å²) in [7, 11) is 2.08. The van der Waals surface area contributed by atoms with Crippen LogP contribution in [0.2, 0.25) is 0 Å². The predicted octanol–water partition coefficient (Wildman–Crippen LogP) is 1.91. The molecule has 1 aromatic rings. The minimum atomic E-state index is 0.0659. The summed E-state index contributed by atoms with van der Waals surface area (Å²) in [6.07, 6.45) is 6.97. The fourth-order valence-corrected chi connectivity index (χ4v) is 2.31. The van der Waals surface area contributed by atoms with E-state index >= 15 is 0 Å². The molecule has 0 atom stereocenters. The molecule has 14 heavy (non-hydrogen) atoms. The lowest BCUT2D eigenvalue weighted by Gasteiger charge is -2.14. The molecule has 0 radical (unpaired) electrons. The molecule has 0 unspecified atom stereocenters. The van der Waals surface area contributed by atoms with Gasteiger partial charge in [0.05, 0.1) is 6.61 Å².